The average molecular weight is 325 g/mol. The molecular weight excluding hydrogens is 311 g/mol. The van der Waals surface area contributed by atoms with Crippen LogP contribution < -0.4 is 5.32 Å². The van der Waals surface area contributed by atoms with E-state index in [0.29, 0.717) is 0 Å². The summed E-state index contributed by atoms with van der Waals surface area (Å²) in [4.78, 5) is 23.6. The Bertz CT molecular complexity index is 634. The fourth-order valence-corrected chi connectivity index (χ4v) is 2.34. The molecule has 1 fully saturated rings. The van der Waals surface area contributed by atoms with E-state index in [0.717, 1.165) is 18.9 Å². The van der Waals surface area contributed by atoms with Gasteiger partial charge in [0.05, 0.1) is 11.1 Å². The van der Waals surface area contributed by atoms with Crippen LogP contribution in [0.3, 0.4) is 0 Å². The topological polar surface area (TPSA) is 79.2 Å². The first kappa shape index (κ1) is 16.2. The van der Waals surface area contributed by atoms with Gasteiger partial charge >= 0.3 is 5.97 Å². The summed E-state index contributed by atoms with van der Waals surface area (Å²) in [5, 5.41) is 11.6. The number of ether oxygens (including phenoxy) is 1. The second-order valence-corrected chi connectivity index (χ2v) is 5.72. The second-order valence-electron chi connectivity index (χ2n) is 5.31. The third kappa shape index (κ3) is 3.55. The lowest BCUT2D eigenvalue weighted by Gasteiger charge is -2.22. The molecule has 0 spiro atoms. The summed E-state index contributed by atoms with van der Waals surface area (Å²) in [6, 6.07) is 5.83. The summed E-state index contributed by atoms with van der Waals surface area (Å²) in [6.07, 6.45) is 1.74. The molecular formula is C15H14ClFN2O3. The number of hydrogen-bond acceptors (Lipinski definition) is 4. The van der Waals surface area contributed by atoms with Gasteiger partial charge in [0.25, 0.3) is 5.91 Å². The van der Waals surface area contributed by atoms with Crippen molar-refractivity contribution in [2.75, 3.05) is 6.61 Å². The van der Waals surface area contributed by atoms with Gasteiger partial charge in [-0.05, 0) is 37.8 Å². The highest BCUT2D eigenvalue weighted by atomic mass is 35.5. The van der Waals surface area contributed by atoms with Gasteiger partial charge in [-0.15, -0.1) is 0 Å². The molecule has 0 saturated heterocycles. The van der Waals surface area contributed by atoms with E-state index in [1.165, 1.54) is 12.1 Å². The lowest BCUT2D eigenvalue weighted by Crippen LogP contribution is -2.48. The molecule has 1 saturated carbocycles. The normalized spacial score (nSPS) is 16.3. The van der Waals surface area contributed by atoms with Crippen molar-refractivity contribution >= 4 is 23.5 Å². The number of nitrogens with zero attached hydrogens (tertiary/aromatic N) is 1. The summed E-state index contributed by atoms with van der Waals surface area (Å²) < 4.78 is 18.3. The minimum atomic E-state index is -1.02. The van der Waals surface area contributed by atoms with Crippen LogP contribution in [0.4, 0.5) is 4.39 Å². The Balaban J connectivity index is 1.94. The maximum Gasteiger partial charge on any atom is 0.343 e. The summed E-state index contributed by atoms with van der Waals surface area (Å²) in [5.74, 6) is -2.35. The molecule has 1 amide bonds. The van der Waals surface area contributed by atoms with E-state index in [1.807, 2.05) is 0 Å². The highest BCUT2D eigenvalue weighted by Crippen LogP contribution is 2.39. The molecule has 2 rings (SSSR count). The Morgan fingerprint density at radius 1 is 1.55 bits per heavy atom. The van der Waals surface area contributed by atoms with Gasteiger partial charge in [-0.2, -0.15) is 5.26 Å². The summed E-state index contributed by atoms with van der Waals surface area (Å²) in [5.41, 5.74) is -1.39. The molecule has 0 aromatic heterocycles. The van der Waals surface area contributed by atoms with E-state index in [9.17, 15) is 14.0 Å². The Hall–Kier alpha value is -2.13. The van der Waals surface area contributed by atoms with E-state index < -0.39 is 35.4 Å². The van der Waals surface area contributed by atoms with Gasteiger partial charge in [0.1, 0.15) is 16.9 Å². The summed E-state index contributed by atoms with van der Waals surface area (Å²) in [7, 11) is 0. The average Bonchev–Trinajstić information content (AvgIpc) is 3.30. The van der Waals surface area contributed by atoms with Crippen LogP contribution in [0.1, 0.15) is 30.1 Å². The fraction of sp³-hybridized carbons (Fsp3) is 0.400. The first-order valence-corrected chi connectivity index (χ1v) is 7.08. The molecule has 22 heavy (non-hydrogen) atoms. The van der Waals surface area contributed by atoms with E-state index in [-0.39, 0.29) is 10.9 Å². The monoisotopic (exact) mass is 324 g/mol. The van der Waals surface area contributed by atoms with Crippen molar-refractivity contribution in [2.24, 2.45) is 5.92 Å². The number of nitrogens with one attached hydrogen (secondary N) is 1. The minimum Gasteiger partial charge on any atom is -0.452 e. The van der Waals surface area contributed by atoms with Crippen molar-refractivity contribution < 1.29 is 18.7 Å². The number of hydrogen-bond donors (Lipinski definition) is 1. The molecule has 1 aliphatic rings. The van der Waals surface area contributed by atoms with Crippen LogP contribution in [0, 0.1) is 23.1 Å². The first-order chi connectivity index (χ1) is 10.4. The number of carbonyl (C=O) groups is 2. The van der Waals surface area contributed by atoms with Crippen molar-refractivity contribution in [1.29, 1.82) is 5.26 Å². The number of rotatable bonds is 5. The molecule has 7 heteroatoms. The lowest BCUT2D eigenvalue weighted by molar-refractivity contribution is -0.125. The molecule has 0 aliphatic heterocycles. The SMILES string of the molecule is C[C@](C#N)(NC(=O)COC(=O)c1c(F)cccc1Cl)C1CC1. The van der Waals surface area contributed by atoms with E-state index >= 15 is 0 Å². The number of amides is 1. The molecule has 0 heterocycles. The van der Waals surface area contributed by atoms with Gasteiger partial charge in [-0.25, -0.2) is 9.18 Å². The van der Waals surface area contributed by atoms with Crippen LogP contribution in [0.25, 0.3) is 0 Å². The Morgan fingerprint density at radius 3 is 2.77 bits per heavy atom. The van der Waals surface area contributed by atoms with Gasteiger partial charge in [0.2, 0.25) is 0 Å². The quantitative estimate of drug-likeness (QED) is 0.844. The molecule has 1 N–H and O–H groups in total. The largest absolute Gasteiger partial charge is 0.452 e. The minimum absolute atomic E-state index is 0.0924. The van der Waals surface area contributed by atoms with Crippen molar-refractivity contribution in [1.82, 2.24) is 5.32 Å². The van der Waals surface area contributed by atoms with Crippen LogP contribution in [0.15, 0.2) is 18.2 Å². The van der Waals surface area contributed by atoms with E-state index in [2.05, 4.69) is 11.4 Å². The molecule has 1 aromatic carbocycles. The Labute approximate surface area is 132 Å². The number of esters is 1. The van der Waals surface area contributed by atoms with Gasteiger partial charge in [0, 0.05) is 0 Å². The first-order valence-electron chi connectivity index (χ1n) is 6.71. The molecule has 0 bridgehead atoms. The maximum atomic E-state index is 13.5. The maximum absolute atomic E-state index is 13.5. The lowest BCUT2D eigenvalue weighted by atomic mass is 9.98. The van der Waals surface area contributed by atoms with Crippen molar-refractivity contribution in [2.45, 2.75) is 25.3 Å². The third-order valence-corrected chi connectivity index (χ3v) is 3.84. The van der Waals surface area contributed by atoms with Crippen LogP contribution >= 0.6 is 11.6 Å². The summed E-state index contributed by atoms with van der Waals surface area (Å²) in [6.45, 7) is 1.02. The number of nitriles is 1. The standard InChI is InChI=1S/C15H14ClFN2O3/c1-15(8-18,9-5-6-9)19-12(20)7-22-14(21)13-10(16)3-2-4-11(13)17/h2-4,9H,5-7H2,1H3,(H,19,20)/t15-/m1/s1. The van der Waals surface area contributed by atoms with Crippen LogP contribution in [0.2, 0.25) is 5.02 Å². The molecule has 0 radical (unpaired) electrons. The van der Waals surface area contributed by atoms with Gasteiger partial charge in [0.15, 0.2) is 6.61 Å². The van der Waals surface area contributed by atoms with Crippen LogP contribution in [-0.2, 0) is 9.53 Å². The Kier molecular flexibility index (Phi) is 4.67. The zero-order chi connectivity index (χ0) is 16.3. The van der Waals surface area contributed by atoms with Gasteiger partial charge < -0.3 is 10.1 Å². The van der Waals surface area contributed by atoms with Crippen molar-refractivity contribution in [3.63, 3.8) is 0 Å². The number of benzene rings is 1. The highest BCUT2D eigenvalue weighted by molar-refractivity contribution is 6.33. The Morgan fingerprint density at radius 2 is 2.23 bits per heavy atom. The number of halogens is 2. The van der Waals surface area contributed by atoms with Crippen LogP contribution in [-0.4, -0.2) is 24.0 Å². The molecule has 1 atom stereocenters. The predicted molar refractivity (Wildman–Crippen MR) is 76.6 cm³/mol. The molecule has 5 nitrogen and oxygen atoms in total. The predicted octanol–water partition coefficient (Wildman–Crippen LogP) is 2.44. The smallest absolute Gasteiger partial charge is 0.343 e. The summed E-state index contributed by atoms with van der Waals surface area (Å²) >= 11 is 5.73. The molecule has 0 unspecified atom stereocenters. The van der Waals surface area contributed by atoms with Crippen LogP contribution in [0.5, 0.6) is 0 Å². The molecule has 1 aliphatic carbocycles. The van der Waals surface area contributed by atoms with Crippen molar-refractivity contribution in [3.05, 3.63) is 34.6 Å². The zero-order valence-electron chi connectivity index (χ0n) is 11.9. The fourth-order valence-electron chi connectivity index (χ4n) is 2.10. The van der Waals surface area contributed by atoms with E-state index in [1.54, 1.807) is 6.92 Å². The van der Waals surface area contributed by atoms with E-state index in [4.69, 9.17) is 21.6 Å². The molecule has 1 aromatic rings. The van der Waals surface area contributed by atoms with Crippen molar-refractivity contribution in [3.8, 4) is 6.07 Å². The zero-order valence-corrected chi connectivity index (χ0v) is 12.6. The van der Waals surface area contributed by atoms with Gasteiger partial charge in [-0.3, -0.25) is 4.79 Å². The molecule has 116 valence electrons. The highest BCUT2D eigenvalue weighted by Gasteiger charge is 2.43. The second kappa shape index (κ2) is 6.32. The number of carbonyl (C=O) groups excluding carboxylic acids is 2. The van der Waals surface area contributed by atoms with Gasteiger partial charge in [-0.1, -0.05) is 17.7 Å². The third-order valence-electron chi connectivity index (χ3n) is 3.53.